The van der Waals surface area contributed by atoms with Gasteiger partial charge in [-0.15, -0.1) is 0 Å². The first-order valence-electron chi connectivity index (χ1n) is 5.57. The molecule has 4 heteroatoms. The molecule has 2 aromatic rings. The quantitative estimate of drug-likeness (QED) is 0.879. The average Bonchev–Trinajstić information content (AvgIpc) is 2.69. The van der Waals surface area contributed by atoms with E-state index in [-0.39, 0.29) is 0 Å². The Balaban J connectivity index is 1.94. The highest BCUT2D eigenvalue weighted by Gasteiger charge is 2.05. The number of hydrogen-bond donors (Lipinski definition) is 1. The van der Waals surface area contributed by atoms with Crippen molar-refractivity contribution in [2.45, 2.75) is 20.3 Å². The second-order valence-corrected chi connectivity index (χ2v) is 4.04. The van der Waals surface area contributed by atoms with Crippen LogP contribution < -0.4 is 10.5 Å². The normalized spacial score (nSPS) is 10.5. The monoisotopic (exact) mass is 232 g/mol. The van der Waals surface area contributed by atoms with Gasteiger partial charge < -0.3 is 15.0 Å². The fourth-order valence-corrected chi connectivity index (χ4v) is 1.73. The van der Waals surface area contributed by atoms with E-state index in [9.17, 15) is 0 Å². The molecular formula is C13H16N2O2. The Kier molecular flexibility index (Phi) is 3.32. The molecule has 0 aliphatic heterocycles. The van der Waals surface area contributed by atoms with Crippen molar-refractivity contribution >= 4 is 5.88 Å². The largest absolute Gasteiger partial charge is 0.493 e. The minimum absolute atomic E-state index is 0.340. The predicted molar refractivity (Wildman–Crippen MR) is 66.0 cm³/mol. The summed E-state index contributed by atoms with van der Waals surface area (Å²) in [6, 6.07) is 7.82. The van der Waals surface area contributed by atoms with Crippen LogP contribution in [-0.2, 0) is 6.42 Å². The highest BCUT2D eigenvalue weighted by molar-refractivity contribution is 5.39. The Morgan fingerprint density at radius 3 is 2.59 bits per heavy atom. The van der Waals surface area contributed by atoms with Crippen LogP contribution in [0.2, 0.25) is 0 Å². The van der Waals surface area contributed by atoms with Crippen molar-refractivity contribution in [2.75, 3.05) is 12.3 Å². The Hall–Kier alpha value is -1.97. The molecule has 4 nitrogen and oxygen atoms in total. The molecule has 0 atom stereocenters. The zero-order chi connectivity index (χ0) is 12.3. The van der Waals surface area contributed by atoms with E-state index in [0.717, 1.165) is 22.6 Å². The summed E-state index contributed by atoms with van der Waals surface area (Å²) < 4.78 is 10.5. The van der Waals surface area contributed by atoms with Gasteiger partial charge in [0.05, 0.1) is 12.3 Å². The van der Waals surface area contributed by atoms with Gasteiger partial charge in [-0.05, 0) is 25.0 Å². The van der Waals surface area contributed by atoms with Crippen molar-refractivity contribution in [2.24, 2.45) is 0 Å². The molecule has 0 saturated carbocycles. The summed E-state index contributed by atoms with van der Waals surface area (Å²) in [5, 5.41) is 3.81. The SMILES string of the molecule is Cc1cccc(C)c1OCCc1cc(N)on1. The molecule has 0 radical (unpaired) electrons. The summed E-state index contributed by atoms with van der Waals surface area (Å²) >= 11 is 0. The van der Waals surface area contributed by atoms with E-state index in [1.54, 1.807) is 6.07 Å². The second-order valence-electron chi connectivity index (χ2n) is 4.04. The van der Waals surface area contributed by atoms with Crippen molar-refractivity contribution in [3.8, 4) is 5.75 Å². The summed E-state index contributed by atoms with van der Waals surface area (Å²) in [5.74, 6) is 1.29. The first kappa shape index (κ1) is 11.5. The van der Waals surface area contributed by atoms with Crippen molar-refractivity contribution in [1.82, 2.24) is 5.16 Å². The maximum absolute atomic E-state index is 5.76. The van der Waals surface area contributed by atoms with E-state index in [4.69, 9.17) is 15.0 Å². The molecule has 17 heavy (non-hydrogen) atoms. The van der Waals surface area contributed by atoms with Crippen LogP contribution in [-0.4, -0.2) is 11.8 Å². The Morgan fingerprint density at radius 1 is 1.29 bits per heavy atom. The Morgan fingerprint density at radius 2 is 2.00 bits per heavy atom. The number of nitrogens with two attached hydrogens (primary N) is 1. The van der Waals surface area contributed by atoms with E-state index in [1.165, 1.54) is 0 Å². The summed E-state index contributed by atoms with van der Waals surface area (Å²) in [4.78, 5) is 0. The van der Waals surface area contributed by atoms with Crippen LogP contribution in [0.3, 0.4) is 0 Å². The van der Waals surface area contributed by atoms with Gasteiger partial charge in [-0.3, -0.25) is 0 Å². The van der Waals surface area contributed by atoms with Gasteiger partial charge in [0, 0.05) is 12.5 Å². The minimum atomic E-state index is 0.340. The van der Waals surface area contributed by atoms with E-state index in [0.29, 0.717) is 18.9 Å². The first-order chi connectivity index (χ1) is 8.16. The number of nitrogens with zero attached hydrogens (tertiary/aromatic N) is 1. The van der Waals surface area contributed by atoms with E-state index >= 15 is 0 Å². The summed E-state index contributed by atoms with van der Waals surface area (Å²) in [6.45, 7) is 4.64. The minimum Gasteiger partial charge on any atom is -0.493 e. The van der Waals surface area contributed by atoms with Crippen LogP contribution >= 0.6 is 0 Å². The zero-order valence-corrected chi connectivity index (χ0v) is 10.1. The number of ether oxygens (including phenoxy) is 1. The molecule has 0 amide bonds. The van der Waals surface area contributed by atoms with E-state index in [2.05, 4.69) is 5.16 Å². The van der Waals surface area contributed by atoms with Gasteiger partial charge in [0.2, 0.25) is 5.88 Å². The molecule has 0 spiro atoms. The molecule has 90 valence electrons. The number of para-hydroxylation sites is 1. The van der Waals surface area contributed by atoms with E-state index < -0.39 is 0 Å². The molecule has 1 heterocycles. The molecule has 0 fully saturated rings. The Bertz CT molecular complexity index is 486. The standard InChI is InChI=1S/C13H16N2O2/c1-9-4-3-5-10(2)13(9)16-7-6-11-8-12(14)17-15-11/h3-5,8H,6-7,14H2,1-2H3. The highest BCUT2D eigenvalue weighted by atomic mass is 16.5. The summed E-state index contributed by atoms with van der Waals surface area (Å²) in [5.41, 5.74) is 8.54. The predicted octanol–water partition coefficient (Wildman–Crippen LogP) is 2.50. The molecule has 0 bridgehead atoms. The van der Waals surface area contributed by atoms with Gasteiger partial charge in [0.25, 0.3) is 0 Å². The molecule has 1 aromatic heterocycles. The summed E-state index contributed by atoms with van der Waals surface area (Å²) in [7, 11) is 0. The van der Waals surface area contributed by atoms with Crippen LogP contribution in [0.15, 0.2) is 28.8 Å². The third kappa shape index (κ3) is 2.78. The fourth-order valence-electron chi connectivity index (χ4n) is 1.73. The molecule has 2 rings (SSSR count). The zero-order valence-electron chi connectivity index (χ0n) is 10.1. The van der Waals surface area contributed by atoms with Crippen molar-refractivity contribution in [3.05, 3.63) is 41.1 Å². The molecule has 2 N–H and O–H groups in total. The fraction of sp³-hybridized carbons (Fsp3) is 0.308. The van der Waals surface area contributed by atoms with Gasteiger partial charge >= 0.3 is 0 Å². The lowest BCUT2D eigenvalue weighted by atomic mass is 10.1. The summed E-state index contributed by atoms with van der Waals surface area (Å²) in [6.07, 6.45) is 0.689. The number of anilines is 1. The molecule has 1 aromatic carbocycles. The second kappa shape index (κ2) is 4.91. The molecule has 0 aliphatic carbocycles. The number of aromatic nitrogens is 1. The Labute approximate surface area is 100 Å². The van der Waals surface area contributed by atoms with Crippen LogP contribution in [0.4, 0.5) is 5.88 Å². The highest BCUT2D eigenvalue weighted by Crippen LogP contribution is 2.22. The number of nitrogen functional groups attached to an aromatic ring is 1. The maximum atomic E-state index is 5.76. The van der Waals surface area contributed by atoms with Crippen LogP contribution in [0, 0.1) is 13.8 Å². The lowest BCUT2D eigenvalue weighted by Gasteiger charge is -2.10. The smallest absolute Gasteiger partial charge is 0.222 e. The van der Waals surface area contributed by atoms with Crippen molar-refractivity contribution in [1.29, 1.82) is 0 Å². The third-order valence-corrected chi connectivity index (χ3v) is 2.59. The van der Waals surface area contributed by atoms with Gasteiger partial charge in [-0.1, -0.05) is 23.4 Å². The topological polar surface area (TPSA) is 61.3 Å². The molecular weight excluding hydrogens is 216 g/mol. The van der Waals surface area contributed by atoms with Crippen LogP contribution in [0.25, 0.3) is 0 Å². The van der Waals surface area contributed by atoms with Crippen molar-refractivity contribution in [3.63, 3.8) is 0 Å². The van der Waals surface area contributed by atoms with Gasteiger partial charge in [-0.25, -0.2) is 0 Å². The van der Waals surface area contributed by atoms with Crippen LogP contribution in [0.5, 0.6) is 5.75 Å². The van der Waals surface area contributed by atoms with Gasteiger partial charge in [0.1, 0.15) is 5.75 Å². The number of rotatable bonds is 4. The number of aryl methyl sites for hydroxylation is 2. The first-order valence-corrected chi connectivity index (χ1v) is 5.57. The van der Waals surface area contributed by atoms with E-state index in [1.807, 2.05) is 32.0 Å². The number of benzene rings is 1. The number of hydrogen-bond acceptors (Lipinski definition) is 4. The molecule has 0 unspecified atom stereocenters. The maximum Gasteiger partial charge on any atom is 0.222 e. The molecule has 0 saturated heterocycles. The van der Waals surface area contributed by atoms with Gasteiger partial charge in [0.15, 0.2) is 0 Å². The van der Waals surface area contributed by atoms with Crippen LogP contribution in [0.1, 0.15) is 16.8 Å². The average molecular weight is 232 g/mol. The third-order valence-electron chi connectivity index (χ3n) is 2.59. The lowest BCUT2D eigenvalue weighted by Crippen LogP contribution is -2.03. The van der Waals surface area contributed by atoms with Gasteiger partial charge in [-0.2, -0.15) is 0 Å². The molecule has 0 aliphatic rings. The lowest BCUT2D eigenvalue weighted by molar-refractivity contribution is 0.312. The van der Waals surface area contributed by atoms with Crippen molar-refractivity contribution < 1.29 is 9.26 Å².